The summed E-state index contributed by atoms with van der Waals surface area (Å²) in [5, 5.41) is 46.7. The monoisotopic (exact) mass is 1410 g/mol. The SMILES string of the molecule is CC1CN(S(=O)(=O)c2cc(C(=O)Nc3ccc(F)c(Cl)c3)c3nc[nH]c3c2)CCC1CO.O=C(Nc1cc(F)c(F)c(F)c1)c1cc(S(=O)(=O)N2CCC(O)CC2)cc2cc[nH]c12.O=C(Nc1ccc(F)c(Cl)c1)c1cc(S(=O)(=O)N2CCC(O)(CO)CC2)cc2cc[nH]c12. The van der Waals surface area contributed by atoms with Gasteiger partial charge < -0.3 is 51.3 Å². The van der Waals surface area contributed by atoms with Crippen LogP contribution in [0.2, 0.25) is 10.0 Å². The van der Waals surface area contributed by atoms with E-state index < -0.39 is 95.2 Å². The largest absolute Gasteiger partial charge is 0.396 e. The summed E-state index contributed by atoms with van der Waals surface area (Å²) in [6.07, 6.45) is 5.31. The van der Waals surface area contributed by atoms with Gasteiger partial charge in [0.1, 0.15) is 17.2 Å². The molecular formula is C62H61Cl2F5N10O13S3. The van der Waals surface area contributed by atoms with E-state index in [2.05, 4.69) is 35.9 Å². The third-order valence-electron chi connectivity index (χ3n) is 16.7. The van der Waals surface area contributed by atoms with Crippen LogP contribution < -0.4 is 16.0 Å². The van der Waals surface area contributed by atoms with Gasteiger partial charge in [-0.15, -0.1) is 0 Å². The van der Waals surface area contributed by atoms with Crippen molar-refractivity contribution >= 4 is 121 Å². The van der Waals surface area contributed by atoms with E-state index in [-0.39, 0.29) is 129 Å². The predicted octanol–water partition coefficient (Wildman–Crippen LogP) is 8.95. The van der Waals surface area contributed by atoms with Crippen molar-refractivity contribution in [3.8, 4) is 0 Å². The number of carbonyl (C=O) groups excluding carboxylic acids is 3. The van der Waals surface area contributed by atoms with Crippen LogP contribution >= 0.6 is 23.2 Å². The van der Waals surface area contributed by atoms with Crippen LogP contribution in [0.3, 0.4) is 0 Å². The number of imidazole rings is 1. The number of nitrogens with zero attached hydrogens (tertiary/aromatic N) is 4. The third-order valence-corrected chi connectivity index (χ3v) is 22.8. The van der Waals surface area contributed by atoms with Gasteiger partial charge in [0.25, 0.3) is 17.7 Å². The van der Waals surface area contributed by atoms with Crippen LogP contribution in [0.25, 0.3) is 32.8 Å². The molecule has 9 aromatic rings. The van der Waals surface area contributed by atoms with Gasteiger partial charge in [-0.2, -0.15) is 12.9 Å². The first-order valence-corrected chi connectivity index (χ1v) is 34.4. The average Bonchev–Trinajstić information content (AvgIpc) is 1.76. The number of sulfonamides is 3. The maximum absolute atomic E-state index is 13.5. The Kier molecular flexibility index (Phi) is 20.9. The Labute approximate surface area is 550 Å². The van der Waals surface area contributed by atoms with E-state index in [4.69, 9.17) is 23.2 Å². The zero-order chi connectivity index (χ0) is 68.5. The highest BCUT2D eigenvalue weighted by Gasteiger charge is 2.38. The molecule has 3 saturated heterocycles. The molecule has 6 heterocycles. The van der Waals surface area contributed by atoms with Gasteiger partial charge in [0, 0.05) is 98.2 Å². The van der Waals surface area contributed by atoms with Crippen molar-refractivity contribution in [3.63, 3.8) is 0 Å². The average molecular weight is 1420 g/mol. The molecule has 0 bridgehead atoms. The normalized spacial score (nSPS) is 17.6. The number of hydrogen-bond acceptors (Lipinski definition) is 14. The Hall–Kier alpha value is -7.92. The van der Waals surface area contributed by atoms with E-state index in [9.17, 15) is 82.0 Å². The molecule has 0 radical (unpaired) electrons. The Morgan fingerprint density at radius 1 is 0.579 bits per heavy atom. The number of aromatic nitrogens is 4. The predicted molar refractivity (Wildman–Crippen MR) is 343 cm³/mol. The molecule has 6 aromatic carbocycles. The number of nitrogens with one attached hydrogen (secondary N) is 6. The molecule has 3 aliphatic rings. The summed E-state index contributed by atoms with van der Waals surface area (Å²) >= 11 is 11.6. The second-order valence-electron chi connectivity index (χ2n) is 23.0. The van der Waals surface area contributed by atoms with Crippen molar-refractivity contribution in [2.45, 2.75) is 65.4 Å². The molecule has 12 rings (SSSR count). The van der Waals surface area contributed by atoms with Gasteiger partial charge in [-0.1, -0.05) is 30.1 Å². The van der Waals surface area contributed by atoms with Gasteiger partial charge in [0.2, 0.25) is 30.1 Å². The molecule has 3 amide bonds. The summed E-state index contributed by atoms with van der Waals surface area (Å²) in [4.78, 5) is 51.3. The van der Waals surface area contributed by atoms with Crippen molar-refractivity contribution in [2.75, 3.05) is 68.4 Å². The minimum absolute atomic E-state index is 0.00500. The molecule has 3 fully saturated rings. The third kappa shape index (κ3) is 15.2. The number of piperidine rings is 3. The molecule has 2 unspecified atom stereocenters. The van der Waals surface area contributed by atoms with Gasteiger partial charge in [0.05, 0.1) is 82.6 Å². The number of anilines is 3. The molecule has 10 N–H and O–H groups in total. The second-order valence-corrected chi connectivity index (χ2v) is 29.6. The Balaban J connectivity index is 0.000000155. The number of aliphatic hydroxyl groups is 4. The van der Waals surface area contributed by atoms with E-state index in [0.29, 0.717) is 64.2 Å². The van der Waals surface area contributed by atoms with E-state index >= 15 is 0 Å². The lowest BCUT2D eigenvalue weighted by Crippen LogP contribution is -2.48. The molecule has 3 aromatic heterocycles. The molecule has 23 nitrogen and oxygen atoms in total. The molecule has 2 atom stereocenters. The summed E-state index contributed by atoms with van der Waals surface area (Å²) in [7, 11) is -11.8. The van der Waals surface area contributed by atoms with Gasteiger partial charge in [-0.25, -0.2) is 52.2 Å². The summed E-state index contributed by atoms with van der Waals surface area (Å²) < 4.78 is 150. The summed E-state index contributed by atoms with van der Waals surface area (Å²) in [6.45, 7) is 2.43. The van der Waals surface area contributed by atoms with Crippen LogP contribution in [0.1, 0.15) is 70.1 Å². The number of hydrogen-bond donors (Lipinski definition) is 10. The Bertz CT molecular complexity index is 4760. The zero-order valence-electron chi connectivity index (χ0n) is 50.0. The molecule has 0 saturated carbocycles. The van der Waals surface area contributed by atoms with Crippen molar-refractivity contribution in [1.82, 2.24) is 32.9 Å². The molecule has 33 heteroatoms. The quantitative estimate of drug-likeness (QED) is 0.0359. The van der Waals surface area contributed by atoms with Gasteiger partial charge in [-0.05, 0) is 129 Å². The molecule has 3 aliphatic heterocycles. The van der Waals surface area contributed by atoms with Crippen molar-refractivity contribution < 1.29 is 82.0 Å². The first-order chi connectivity index (χ1) is 45.0. The first kappa shape index (κ1) is 69.9. The number of aliphatic hydroxyl groups excluding tert-OH is 3. The molecule has 95 heavy (non-hydrogen) atoms. The highest BCUT2D eigenvalue weighted by atomic mass is 35.5. The number of fused-ring (bicyclic) bond motifs is 3. The van der Waals surface area contributed by atoms with E-state index in [0.717, 1.165) is 12.1 Å². The lowest BCUT2D eigenvalue weighted by Gasteiger charge is -2.36. The summed E-state index contributed by atoms with van der Waals surface area (Å²) in [5.41, 5.74) is 0.467. The molecule has 0 aliphatic carbocycles. The maximum Gasteiger partial charge on any atom is 0.257 e. The number of carbonyl (C=O) groups is 3. The van der Waals surface area contributed by atoms with Crippen LogP contribution in [0.15, 0.2) is 130 Å². The van der Waals surface area contributed by atoms with Crippen LogP contribution in [0.5, 0.6) is 0 Å². The smallest absolute Gasteiger partial charge is 0.257 e. The topological polar surface area (TPSA) is 341 Å². The highest BCUT2D eigenvalue weighted by Crippen LogP contribution is 2.34. The standard InChI is InChI=1S/C21H22ClFN4O4S.C21H21ClFN3O5S.C20H18F3N3O4S/c1-12-9-27(5-4-13(12)10-28)32(30,31)15-7-16(20-19(8-15)24-11-25-20)21(29)26-14-2-3-18(23)17(22)6-14;22-17-10-14(1-2-18(17)23)25-20(28)16-11-15(9-13-3-6-24-19(13)16)32(30,31)26-7-4-21(29,12-27)5-8-26;21-16-8-12(9-17(22)18(16)23)25-20(28)15-10-14(7-11-1-4-24-19(11)15)31(29,30)26-5-2-13(27)3-6-26/h2-3,6-8,11-13,28H,4-5,9-10H2,1H3,(H,24,25)(H,26,29);1-3,6,9-11,24,27,29H,4-5,7-8,12H2,(H,25,28);1,4,7-10,13,24,27H,2-3,5-6H2,(H,25,28). The number of benzene rings is 6. The van der Waals surface area contributed by atoms with Crippen LogP contribution in [0.4, 0.5) is 39.0 Å². The summed E-state index contributed by atoms with van der Waals surface area (Å²) in [5.74, 6) is -7.81. The maximum atomic E-state index is 13.5. The highest BCUT2D eigenvalue weighted by molar-refractivity contribution is 7.89. The number of amides is 3. The van der Waals surface area contributed by atoms with Gasteiger partial charge in [-0.3, -0.25) is 14.4 Å². The fraction of sp³-hybridized carbons (Fsp3) is 0.290. The zero-order valence-corrected chi connectivity index (χ0v) is 54.0. The summed E-state index contributed by atoms with van der Waals surface area (Å²) in [6, 6.07) is 20.1. The lowest BCUT2D eigenvalue weighted by atomic mass is 9.89. The van der Waals surface area contributed by atoms with Crippen LogP contribution in [0, 0.1) is 40.9 Å². The number of halogens is 7. The fourth-order valence-electron chi connectivity index (χ4n) is 11.1. The van der Waals surface area contributed by atoms with Crippen LogP contribution in [-0.2, 0) is 30.1 Å². The Morgan fingerprint density at radius 2 is 1.03 bits per heavy atom. The van der Waals surface area contributed by atoms with Crippen molar-refractivity contribution in [2.24, 2.45) is 11.8 Å². The molecule has 504 valence electrons. The van der Waals surface area contributed by atoms with Gasteiger partial charge >= 0.3 is 0 Å². The first-order valence-electron chi connectivity index (χ1n) is 29.3. The minimum Gasteiger partial charge on any atom is -0.396 e. The fourth-order valence-corrected chi connectivity index (χ4v) is 16.1. The number of H-pyrrole nitrogens is 3. The molecule has 0 spiro atoms. The molecular weight excluding hydrogens is 1350 g/mol. The van der Waals surface area contributed by atoms with Crippen LogP contribution in [-0.4, -0.2) is 160 Å². The van der Waals surface area contributed by atoms with E-state index in [1.807, 2.05) is 6.92 Å². The number of aromatic amines is 3. The van der Waals surface area contributed by atoms with Crippen molar-refractivity contribution in [3.05, 3.63) is 172 Å². The lowest BCUT2D eigenvalue weighted by molar-refractivity contribution is -0.0480. The Morgan fingerprint density at radius 3 is 1.52 bits per heavy atom. The number of rotatable bonds is 14. The van der Waals surface area contributed by atoms with E-state index in [1.165, 1.54) is 86.1 Å². The van der Waals surface area contributed by atoms with Crippen molar-refractivity contribution in [1.29, 1.82) is 0 Å². The van der Waals surface area contributed by atoms with Gasteiger partial charge in [0.15, 0.2) is 17.5 Å². The van der Waals surface area contributed by atoms with E-state index in [1.54, 1.807) is 18.3 Å². The minimum atomic E-state index is -3.96. The second kappa shape index (κ2) is 28.4.